The summed E-state index contributed by atoms with van der Waals surface area (Å²) in [5.74, 6) is 1.41. The van der Waals surface area contributed by atoms with Crippen molar-refractivity contribution < 1.29 is 22.8 Å². The molecule has 0 fully saturated rings. The van der Waals surface area contributed by atoms with E-state index in [0.717, 1.165) is 16.5 Å². The number of terminal acetylenes is 1. The van der Waals surface area contributed by atoms with Crippen LogP contribution in [0.2, 0.25) is 0 Å². The number of nitrogens with zero attached hydrogens (tertiary/aromatic N) is 1. The first-order valence-electron chi connectivity index (χ1n) is 7.79. The van der Waals surface area contributed by atoms with Crippen molar-refractivity contribution in [3.8, 4) is 12.3 Å². The van der Waals surface area contributed by atoms with Gasteiger partial charge in [-0.1, -0.05) is 11.8 Å². The topological polar surface area (TPSA) is 71.1 Å². The molecule has 144 valence electrons. The summed E-state index contributed by atoms with van der Waals surface area (Å²) < 4.78 is 37.9. The number of fused-ring (bicyclic) bond motifs is 1. The van der Waals surface area contributed by atoms with E-state index in [9.17, 15) is 22.8 Å². The Labute approximate surface area is 162 Å². The highest BCUT2D eigenvalue weighted by atomic mass is 32.2. The SMILES string of the molecule is C#CCC(NC(C)=O)C(=O)Nc1ccc2nc(SCCC(F)(F)F)sc2c1. The van der Waals surface area contributed by atoms with E-state index in [2.05, 4.69) is 21.5 Å². The van der Waals surface area contributed by atoms with Gasteiger partial charge in [0.05, 0.1) is 16.6 Å². The molecular weight excluding hydrogens is 399 g/mol. The number of thioether (sulfide) groups is 1. The van der Waals surface area contributed by atoms with E-state index in [-0.39, 0.29) is 18.1 Å². The smallest absolute Gasteiger partial charge is 0.344 e. The van der Waals surface area contributed by atoms with E-state index in [4.69, 9.17) is 6.42 Å². The molecule has 0 aliphatic rings. The van der Waals surface area contributed by atoms with Crippen LogP contribution < -0.4 is 10.6 Å². The molecule has 5 nitrogen and oxygen atoms in total. The lowest BCUT2D eigenvalue weighted by atomic mass is 10.2. The van der Waals surface area contributed by atoms with Gasteiger partial charge in [0.1, 0.15) is 6.04 Å². The predicted octanol–water partition coefficient (Wildman–Crippen LogP) is 3.81. The highest BCUT2D eigenvalue weighted by Gasteiger charge is 2.26. The molecule has 2 amide bonds. The van der Waals surface area contributed by atoms with Crippen molar-refractivity contribution in [2.24, 2.45) is 0 Å². The normalized spacial score (nSPS) is 12.4. The molecular formula is C17H16F3N3O2S2. The van der Waals surface area contributed by atoms with Gasteiger partial charge in [-0.05, 0) is 18.2 Å². The molecule has 0 aliphatic heterocycles. The minimum atomic E-state index is -4.19. The zero-order valence-corrected chi connectivity index (χ0v) is 15.9. The lowest BCUT2D eigenvalue weighted by molar-refractivity contribution is -0.129. The van der Waals surface area contributed by atoms with Crippen LogP contribution in [0.5, 0.6) is 0 Å². The molecule has 1 aromatic carbocycles. The third kappa shape index (κ3) is 6.77. The van der Waals surface area contributed by atoms with Crippen molar-refractivity contribution in [3.63, 3.8) is 0 Å². The minimum absolute atomic E-state index is 0.0498. The molecule has 1 atom stereocenters. The number of hydrogen-bond donors (Lipinski definition) is 2. The fourth-order valence-corrected chi connectivity index (χ4v) is 4.26. The van der Waals surface area contributed by atoms with Crippen LogP contribution in [0, 0.1) is 12.3 Å². The lowest BCUT2D eigenvalue weighted by Gasteiger charge is -2.15. The van der Waals surface area contributed by atoms with Gasteiger partial charge in [-0.15, -0.1) is 23.7 Å². The molecule has 0 radical (unpaired) electrons. The van der Waals surface area contributed by atoms with Crippen molar-refractivity contribution >= 4 is 50.8 Å². The molecule has 0 spiro atoms. The number of halogens is 3. The average molecular weight is 415 g/mol. The number of carbonyl (C=O) groups is 2. The predicted molar refractivity (Wildman–Crippen MR) is 101 cm³/mol. The van der Waals surface area contributed by atoms with Crippen molar-refractivity contribution in [3.05, 3.63) is 18.2 Å². The van der Waals surface area contributed by atoms with Gasteiger partial charge in [0, 0.05) is 24.8 Å². The summed E-state index contributed by atoms with van der Waals surface area (Å²) in [5, 5.41) is 5.15. The maximum Gasteiger partial charge on any atom is 0.389 e. The molecule has 1 unspecified atom stereocenters. The number of hydrogen-bond acceptors (Lipinski definition) is 5. The van der Waals surface area contributed by atoms with Gasteiger partial charge in [-0.3, -0.25) is 9.59 Å². The number of aromatic nitrogens is 1. The number of benzene rings is 1. The van der Waals surface area contributed by atoms with Gasteiger partial charge in [0.2, 0.25) is 11.8 Å². The van der Waals surface area contributed by atoms with Gasteiger partial charge in [-0.2, -0.15) is 13.2 Å². The highest BCUT2D eigenvalue weighted by molar-refractivity contribution is 8.01. The Balaban J connectivity index is 2.06. The largest absolute Gasteiger partial charge is 0.389 e. The number of rotatable bonds is 7. The number of anilines is 1. The number of amides is 2. The third-order valence-electron chi connectivity index (χ3n) is 3.26. The molecule has 0 bridgehead atoms. The van der Waals surface area contributed by atoms with Gasteiger partial charge in [0.15, 0.2) is 4.34 Å². The number of thiazole rings is 1. The summed E-state index contributed by atoms with van der Waals surface area (Å²) in [6.45, 7) is 1.29. The van der Waals surface area contributed by atoms with Crippen LogP contribution in [0.3, 0.4) is 0 Å². The van der Waals surface area contributed by atoms with Gasteiger partial charge >= 0.3 is 6.18 Å². The minimum Gasteiger partial charge on any atom is -0.344 e. The maximum absolute atomic E-state index is 12.3. The van der Waals surface area contributed by atoms with Crippen LogP contribution in [0.25, 0.3) is 10.2 Å². The number of carbonyl (C=O) groups excluding carboxylic acids is 2. The van der Waals surface area contributed by atoms with Crippen LogP contribution >= 0.6 is 23.1 Å². The second kappa shape index (κ2) is 9.10. The zero-order valence-electron chi connectivity index (χ0n) is 14.2. The lowest BCUT2D eigenvalue weighted by Crippen LogP contribution is -2.42. The van der Waals surface area contributed by atoms with E-state index in [1.807, 2.05) is 0 Å². The molecule has 10 heteroatoms. The Kier molecular flexibility index (Phi) is 7.10. The Hall–Kier alpha value is -2.25. The summed E-state index contributed by atoms with van der Waals surface area (Å²) >= 11 is 2.29. The van der Waals surface area contributed by atoms with Crippen LogP contribution in [0.1, 0.15) is 19.8 Å². The maximum atomic E-state index is 12.3. The molecule has 27 heavy (non-hydrogen) atoms. The summed E-state index contributed by atoms with van der Waals surface area (Å²) in [5.41, 5.74) is 1.12. The second-order valence-corrected chi connectivity index (χ2v) is 7.90. The van der Waals surface area contributed by atoms with Crippen LogP contribution in [0.15, 0.2) is 22.5 Å². The van der Waals surface area contributed by atoms with Crippen molar-refractivity contribution in [1.29, 1.82) is 0 Å². The standard InChI is InChI=1S/C17H16F3N3O2S2/c1-3-4-13(21-10(2)24)15(25)22-11-5-6-12-14(9-11)27-16(23-12)26-8-7-17(18,19)20/h1,5-6,9,13H,4,7-8H2,2H3,(H,21,24)(H,22,25). The summed E-state index contributed by atoms with van der Waals surface area (Å²) in [6.07, 6.45) is 0.199. The summed E-state index contributed by atoms with van der Waals surface area (Å²) in [6, 6.07) is 4.13. The summed E-state index contributed by atoms with van der Waals surface area (Å²) in [4.78, 5) is 27.7. The average Bonchev–Trinajstić information content (AvgIpc) is 2.94. The summed E-state index contributed by atoms with van der Waals surface area (Å²) in [7, 11) is 0. The second-order valence-electron chi connectivity index (χ2n) is 5.53. The van der Waals surface area contributed by atoms with Gasteiger partial charge in [0.25, 0.3) is 0 Å². The molecule has 0 aliphatic carbocycles. The van der Waals surface area contributed by atoms with Crippen molar-refractivity contribution in [2.45, 2.75) is 36.3 Å². The molecule has 1 heterocycles. The highest BCUT2D eigenvalue weighted by Crippen LogP contribution is 2.33. The molecule has 0 saturated carbocycles. The molecule has 2 N–H and O–H groups in total. The first-order chi connectivity index (χ1) is 12.7. The van der Waals surface area contributed by atoms with Crippen LogP contribution in [-0.2, 0) is 9.59 Å². The Morgan fingerprint density at radius 2 is 2.15 bits per heavy atom. The van der Waals surface area contributed by atoms with Crippen molar-refractivity contribution in [1.82, 2.24) is 10.3 Å². The van der Waals surface area contributed by atoms with Crippen LogP contribution in [-0.4, -0.2) is 34.8 Å². The molecule has 0 saturated heterocycles. The van der Waals surface area contributed by atoms with E-state index in [1.165, 1.54) is 18.3 Å². The van der Waals surface area contributed by atoms with Gasteiger partial charge in [-0.25, -0.2) is 4.98 Å². The van der Waals surface area contributed by atoms with Gasteiger partial charge < -0.3 is 10.6 Å². The van der Waals surface area contributed by atoms with Crippen molar-refractivity contribution in [2.75, 3.05) is 11.1 Å². The first-order valence-corrected chi connectivity index (χ1v) is 9.59. The number of nitrogens with one attached hydrogen (secondary N) is 2. The first kappa shape index (κ1) is 21.1. The number of alkyl halides is 3. The molecule has 1 aromatic heterocycles. The molecule has 2 rings (SSSR count). The Morgan fingerprint density at radius 1 is 1.41 bits per heavy atom. The fourth-order valence-electron chi connectivity index (χ4n) is 2.10. The Morgan fingerprint density at radius 3 is 2.78 bits per heavy atom. The third-order valence-corrected chi connectivity index (χ3v) is 5.43. The molecule has 2 aromatic rings. The monoisotopic (exact) mass is 415 g/mol. The van der Waals surface area contributed by atoms with Crippen LogP contribution in [0.4, 0.5) is 18.9 Å². The van der Waals surface area contributed by atoms with E-state index in [1.54, 1.807) is 18.2 Å². The Bertz CT molecular complexity index is 874. The zero-order chi connectivity index (χ0) is 20.0. The van der Waals surface area contributed by atoms with E-state index < -0.39 is 24.5 Å². The quantitative estimate of drug-likeness (QED) is 0.533. The van der Waals surface area contributed by atoms with E-state index in [0.29, 0.717) is 15.5 Å². The fraction of sp³-hybridized carbons (Fsp3) is 0.353. The van der Waals surface area contributed by atoms with E-state index >= 15 is 0 Å².